The molecule has 4 N–H and O–H groups in total. The maximum Gasteiger partial charge on any atom is 2.00 e. The molecular weight excluding hydrogens is 471 g/mol. The average molecular weight is 493 g/mol. The molecule has 128 valence electrons. The molecule has 7 nitrogen and oxygen atoms in total. The van der Waals surface area contributed by atoms with Gasteiger partial charge in [-0.1, -0.05) is 25.7 Å². The minimum atomic E-state index is -1.06. The summed E-state index contributed by atoms with van der Waals surface area (Å²) < 4.78 is 5.26. The third-order valence-corrected chi connectivity index (χ3v) is 4.61. The zero-order valence-electron chi connectivity index (χ0n) is 12.1. The van der Waals surface area contributed by atoms with Crippen molar-refractivity contribution in [1.82, 2.24) is 0 Å². The van der Waals surface area contributed by atoms with Crippen LogP contribution < -0.4 is 0 Å². The van der Waals surface area contributed by atoms with E-state index in [0.29, 0.717) is 12.8 Å². The van der Waals surface area contributed by atoms with Crippen LogP contribution in [0.15, 0.2) is 0 Å². The Hall–Kier alpha value is -0.492. The number of hydrogen-bond donors (Lipinski definition) is 2. The van der Waals surface area contributed by atoms with Crippen LogP contribution in [-0.2, 0) is 35.4 Å². The van der Waals surface area contributed by atoms with Crippen LogP contribution in [0.25, 0.3) is 11.5 Å². The van der Waals surface area contributed by atoms with Crippen LogP contribution in [-0.4, -0.2) is 46.4 Å². The number of carboxylic acids is 2. The molecule has 2 bridgehead atoms. The van der Waals surface area contributed by atoms with E-state index in [1.54, 1.807) is 0 Å². The van der Waals surface area contributed by atoms with E-state index in [1.165, 1.54) is 12.8 Å². The molecule has 0 aromatic carbocycles. The van der Waals surface area contributed by atoms with Crippen LogP contribution in [0.1, 0.15) is 38.5 Å². The van der Waals surface area contributed by atoms with Crippen molar-refractivity contribution in [3.8, 4) is 0 Å². The van der Waals surface area contributed by atoms with Crippen molar-refractivity contribution < 1.29 is 45.6 Å². The number of aliphatic carboxylic acids is 2. The van der Waals surface area contributed by atoms with Crippen molar-refractivity contribution in [2.75, 3.05) is 0 Å². The minimum absolute atomic E-state index is 0. The standard InChI is InChI=1S/C8H10O5.C6H12N2.Pt/c9-7(10)5-3-1-2-4(13-3)6(5)8(11)12;7-5-3-1-2-4-6(5)8;/h3-6H,1-2H2,(H,9,10)(H,11,12);5-8H,1-4H2;/q;-2;+2/t;5-,6-;/m.1./s1. The SMILES string of the molecule is O=C(O)C1C2CCC(O2)C1C(=O)O.[NH-][C@@H]1CCCC[C@H]1[NH-].[Pt+2]. The molecule has 0 aromatic heterocycles. The summed E-state index contributed by atoms with van der Waals surface area (Å²) in [6, 6.07) is -0.160. The number of fused-ring (bicyclic) bond motifs is 2. The van der Waals surface area contributed by atoms with E-state index in [-0.39, 0.29) is 45.4 Å². The Morgan fingerprint density at radius 1 is 0.818 bits per heavy atom. The predicted molar refractivity (Wildman–Crippen MR) is 74.8 cm³/mol. The molecule has 3 rings (SSSR count). The first-order valence-electron chi connectivity index (χ1n) is 7.45. The minimum Gasteiger partial charge on any atom is -0.676 e. The Labute approximate surface area is 144 Å². The molecule has 3 fully saturated rings. The number of carboxylic acid groups (broad SMARTS) is 2. The molecule has 6 atom stereocenters. The van der Waals surface area contributed by atoms with E-state index in [9.17, 15) is 9.59 Å². The Balaban J connectivity index is 0.000000234. The van der Waals surface area contributed by atoms with Gasteiger partial charge in [-0.05, 0) is 12.8 Å². The molecule has 0 amide bonds. The largest absolute Gasteiger partial charge is 2.00 e. The summed E-state index contributed by atoms with van der Waals surface area (Å²) in [4.78, 5) is 21.5. The second-order valence-electron chi connectivity index (χ2n) is 6.02. The van der Waals surface area contributed by atoms with Crippen molar-refractivity contribution in [2.45, 2.75) is 62.8 Å². The molecule has 0 spiro atoms. The first-order chi connectivity index (χ1) is 9.91. The van der Waals surface area contributed by atoms with Crippen molar-refractivity contribution >= 4 is 11.9 Å². The van der Waals surface area contributed by atoms with E-state index in [2.05, 4.69) is 0 Å². The van der Waals surface area contributed by atoms with Crippen LogP contribution in [0, 0.1) is 11.8 Å². The van der Waals surface area contributed by atoms with Gasteiger partial charge in [-0.2, -0.15) is 12.1 Å². The molecule has 1 saturated carbocycles. The quantitative estimate of drug-likeness (QED) is 0.610. The van der Waals surface area contributed by atoms with Gasteiger partial charge in [-0.3, -0.25) is 9.59 Å². The number of nitrogens with one attached hydrogen (secondary N) is 2. The van der Waals surface area contributed by atoms with Crippen LogP contribution in [0.4, 0.5) is 0 Å². The van der Waals surface area contributed by atoms with Crippen molar-refractivity contribution in [3.63, 3.8) is 0 Å². The van der Waals surface area contributed by atoms with Crippen LogP contribution in [0.2, 0.25) is 0 Å². The predicted octanol–water partition coefficient (Wildman–Crippen LogP) is 2.35. The third kappa shape index (κ3) is 4.28. The van der Waals surface area contributed by atoms with E-state index >= 15 is 0 Å². The Morgan fingerprint density at radius 2 is 1.18 bits per heavy atom. The Morgan fingerprint density at radius 3 is 1.45 bits per heavy atom. The number of carbonyl (C=O) groups is 2. The number of ether oxygens (including phenoxy) is 1. The van der Waals surface area contributed by atoms with E-state index in [4.69, 9.17) is 26.4 Å². The van der Waals surface area contributed by atoms with Gasteiger partial charge in [-0.15, -0.1) is 0 Å². The normalized spacial score (nSPS) is 39.4. The third-order valence-electron chi connectivity index (χ3n) is 4.61. The zero-order chi connectivity index (χ0) is 15.6. The molecule has 8 heteroatoms. The second kappa shape index (κ2) is 8.39. The Bertz CT molecular complexity index is 373. The van der Waals surface area contributed by atoms with Crippen molar-refractivity contribution in [2.24, 2.45) is 11.8 Å². The van der Waals surface area contributed by atoms with E-state index < -0.39 is 23.8 Å². The van der Waals surface area contributed by atoms with Gasteiger partial charge in [0.05, 0.1) is 24.0 Å². The van der Waals surface area contributed by atoms with Gasteiger partial charge in [0.25, 0.3) is 0 Å². The van der Waals surface area contributed by atoms with Gasteiger partial charge in [0.1, 0.15) is 0 Å². The molecule has 2 saturated heterocycles. The topological polar surface area (TPSA) is 131 Å². The monoisotopic (exact) mass is 493 g/mol. The summed E-state index contributed by atoms with van der Waals surface area (Å²) in [5.41, 5.74) is 14.6. The first-order valence-corrected chi connectivity index (χ1v) is 7.45. The van der Waals surface area contributed by atoms with Gasteiger partial charge >= 0.3 is 33.0 Å². The molecule has 0 aromatic rings. The smallest absolute Gasteiger partial charge is 0.676 e. The average Bonchev–Trinajstić information content (AvgIpc) is 3.03. The fourth-order valence-electron chi connectivity index (χ4n) is 3.44. The fourth-order valence-corrected chi connectivity index (χ4v) is 3.44. The van der Waals surface area contributed by atoms with E-state index in [1.807, 2.05) is 0 Å². The molecule has 2 aliphatic heterocycles. The molecular formula is C14H22N2O5Pt. The van der Waals surface area contributed by atoms with Gasteiger partial charge in [-0.25, -0.2) is 0 Å². The summed E-state index contributed by atoms with van der Waals surface area (Å²) in [6.07, 6.45) is 4.82. The molecule has 0 radical (unpaired) electrons. The van der Waals surface area contributed by atoms with Crippen molar-refractivity contribution in [3.05, 3.63) is 11.5 Å². The summed E-state index contributed by atoms with van der Waals surface area (Å²) in [6.45, 7) is 0. The van der Waals surface area contributed by atoms with Gasteiger partial charge in [0.15, 0.2) is 0 Å². The number of rotatable bonds is 2. The number of hydrogen-bond acceptors (Lipinski definition) is 3. The summed E-state index contributed by atoms with van der Waals surface area (Å²) in [7, 11) is 0. The van der Waals surface area contributed by atoms with Gasteiger partial charge in [0, 0.05) is 0 Å². The second-order valence-corrected chi connectivity index (χ2v) is 6.02. The zero-order valence-corrected chi connectivity index (χ0v) is 14.4. The first kappa shape index (κ1) is 19.6. The van der Waals surface area contributed by atoms with Gasteiger partial charge in [0.2, 0.25) is 0 Å². The van der Waals surface area contributed by atoms with Crippen molar-refractivity contribution in [1.29, 1.82) is 0 Å². The maximum absolute atomic E-state index is 10.8. The summed E-state index contributed by atoms with van der Waals surface area (Å²) in [5.74, 6) is -3.81. The summed E-state index contributed by atoms with van der Waals surface area (Å²) >= 11 is 0. The molecule has 2 heterocycles. The molecule has 22 heavy (non-hydrogen) atoms. The van der Waals surface area contributed by atoms with Crippen LogP contribution in [0.3, 0.4) is 0 Å². The Kier molecular flexibility index (Phi) is 7.45. The van der Waals surface area contributed by atoms with Gasteiger partial charge < -0.3 is 26.4 Å². The fraction of sp³-hybridized carbons (Fsp3) is 0.857. The molecule has 3 aliphatic rings. The summed E-state index contributed by atoms with van der Waals surface area (Å²) in [5, 5.41) is 17.6. The maximum atomic E-state index is 10.8. The van der Waals surface area contributed by atoms with Crippen LogP contribution >= 0.6 is 0 Å². The van der Waals surface area contributed by atoms with E-state index in [0.717, 1.165) is 12.8 Å². The van der Waals surface area contributed by atoms with Crippen LogP contribution in [0.5, 0.6) is 0 Å². The molecule has 4 unspecified atom stereocenters. The molecule has 1 aliphatic carbocycles.